The first-order chi connectivity index (χ1) is 8.17. The Morgan fingerprint density at radius 1 is 1.59 bits per heavy atom. The molecular formula is C11H15BrN2O3. The minimum atomic E-state index is -0.223. The lowest BCUT2D eigenvalue weighted by Gasteiger charge is -2.36. The molecule has 5 nitrogen and oxygen atoms in total. The summed E-state index contributed by atoms with van der Waals surface area (Å²) < 4.78 is 10.2. The van der Waals surface area contributed by atoms with Crippen LogP contribution in [0.25, 0.3) is 0 Å². The van der Waals surface area contributed by atoms with E-state index >= 15 is 0 Å². The number of nitrogens with zero attached hydrogens (tertiary/aromatic N) is 1. The van der Waals surface area contributed by atoms with Gasteiger partial charge < -0.3 is 14.6 Å². The Kier molecular flexibility index (Phi) is 3.83. The van der Waals surface area contributed by atoms with E-state index in [0.717, 1.165) is 18.2 Å². The van der Waals surface area contributed by atoms with Crippen molar-refractivity contribution in [2.24, 2.45) is 0 Å². The zero-order valence-corrected chi connectivity index (χ0v) is 11.2. The Hall–Kier alpha value is -0.880. The number of hydrogen-bond donors (Lipinski definition) is 1. The fraction of sp³-hybridized carbons (Fsp3) is 0.636. The van der Waals surface area contributed by atoms with Gasteiger partial charge in [-0.15, -0.1) is 0 Å². The van der Waals surface area contributed by atoms with Gasteiger partial charge in [0.05, 0.1) is 11.7 Å². The van der Waals surface area contributed by atoms with E-state index < -0.39 is 0 Å². The van der Waals surface area contributed by atoms with E-state index in [-0.39, 0.29) is 11.4 Å². The maximum atomic E-state index is 12.1. The van der Waals surface area contributed by atoms with Crippen molar-refractivity contribution in [3.63, 3.8) is 0 Å². The zero-order chi connectivity index (χ0) is 12.3. The van der Waals surface area contributed by atoms with Crippen molar-refractivity contribution >= 4 is 21.8 Å². The number of halogens is 1. The van der Waals surface area contributed by atoms with Gasteiger partial charge in [-0.1, -0.05) is 21.1 Å². The molecule has 0 bridgehead atoms. The zero-order valence-electron chi connectivity index (χ0n) is 9.66. The van der Waals surface area contributed by atoms with Crippen LogP contribution >= 0.6 is 15.9 Å². The predicted octanol–water partition coefficient (Wildman–Crippen LogP) is 1.66. The van der Waals surface area contributed by atoms with Crippen molar-refractivity contribution in [1.29, 1.82) is 0 Å². The molecule has 0 atom stereocenters. The van der Waals surface area contributed by atoms with Crippen LogP contribution in [-0.2, 0) is 4.74 Å². The minimum absolute atomic E-state index is 0.134. The van der Waals surface area contributed by atoms with Gasteiger partial charge in [0.25, 0.3) is 5.91 Å². The monoisotopic (exact) mass is 302 g/mol. The maximum Gasteiger partial charge on any atom is 0.256 e. The van der Waals surface area contributed by atoms with Gasteiger partial charge in [-0.25, -0.2) is 0 Å². The highest BCUT2D eigenvalue weighted by Crippen LogP contribution is 2.23. The highest BCUT2D eigenvalue weighted by Gasteiger charge is 2.34. The van der Waals surface area contributed by atoms with Crippen LogP contribution in [0, 0.1) is 6.92 Å². The first kappa shape index (κ1) is 12.6. The van der Waals surface area contributed by atoms with Crippen LogP contribution in [0.15, 0.2) is 10.7 Å². The Labute approximate surface area is 108 Å². The molecule has 94 valence electrons. The van der Waals surface area contributed by atoms with E-state index in [1.165, 1.54) is 6.20 Å². The van der Waals surface area contributed by atoms with Crippen molar-refractivity contribution in [3.05, 3.63) is 17.5 Å². The quantitative estimate of drug-likeness (QED) is 0.863. The Balaban J connectivity index is 2.08. The molecule has 2 heterocycles. The second kappa shape index (κ2) is 5.18. The van der Waals surface area contributed by atoms with Crippen molar-refractivity contribution in [1.82, 2.24) is 10.5 Å². The summed E-state index contributed by atoms with van der Waals surface area (Å²) in [5, 5.41) is 7.39. The molecule has 1 saturated heterocycles. The maximum absolute atomic E-state index is 12.1. The first-order valence-electron chi connectivity index (χ1n) is 5.54. The molecule has 1 aliphatic heterocycles. The average Bonchev–Trinajstić information content (AvgIpc) is 2.77. The molecule has 0 spiro atoms. The average molecular weight is 303 g/mol. The molecule has 1 aromatic rings. The summed E-state index contributed by atoms with van der Waals surface area (Å²) in [6.07, 6.45) is 3.08. The van der Waals surface area contributed by atoms with Gasteiger partial charge >= 0.3 is 0 Å². The molecule has 0 radical (unpaired) electrons. The number of carbonyl (C=O) groups excluding carboxylic acids is 1. The molecule has 17 heavy (non-hydrogen) atoms. The smallest absolute Gasteiger partial charge is 0.256 e. The molecular weight excluding hydrogens is 288 g/mol. The third kappa shape index (κ3) is 2.69. The van der Waals surface area contributed by atoms with Crippen LogP contribution in [-0.4, -0.2) is 35.1 Å². The second-order valence-electron chi connectivity index (χ2n) is 4.28. The fourth-order valence-corrected chi connectivity index (χ4v) is 2.58. The standard InChI is InChI=1S/C11H15BrN2O3/c1-8-9(6-13-17-8)10(15)14-11(7-12)2-4-16-5-3-11/h6H,2-5,7H2,1H3,(H,14,15). The number of carbonyl (C=O) groups is 1. The summed E-state index contributed by atoms with van der Waals surface area (Å²) in [7, 11) is 0. The van der Waals surface area contributed by atoms with E-state index in [0.29, 0.717) is 24.5 Å². The normalized spacial score (nSPS) is 18.9. The molecule has 0 unspecified atom stereocenters. The summed E-state index contributed by atoms with van der Waals surface area (Å²) in [4.78, 5) is 12.1. The number of aromatic nitrogens is 1. The number of alkyl halides is 1. The second-order valence-corrected chi connectivity index (χ2v) is 4.84. The molecule has 2 rings (SSSR count). The van der Waals surface area contributed by atoms with Crippen molar-refractivity contribution in [2.75, 3.05) is 18.5 Å². The summed E-state index contributed by atoms with van der Waals surface area (Å²) in [5.41, 5.74) is 0.274. The van der Waals surface area contributed by atoms with E-state index in [1.807, 2.05) is 0 Å². The third-order valence-corrected chi connectivity index (χ3v) is 4.15. The number of rotatable bonds is 3. The van der Waals surface area contributed by atoms with Gasteiger partial charge in [0.2, 0.25) is 0 Å². The number of amides is 1. The summed E-state index contributed by atoms with van der Waals surface area (Å²) in [6, 6.07) is 0. The summed E-state index contributed by atoms with van der Waals surface area (Å²) in [5.74, 6) is 0.407. The van der Waals surface area contributed by atoms with Gasteiger partial charge in [-0.2, -0.15) is 0 Å². The molecule has 0 aromatic carbocycles. The lowest BCUT2D eigenvalue weighted by atomic mass is 9.92. The molecule has 1 aliphatic rings. The van der Waals surface area contributed by atoms with Crippen LogP contribution in [0.5, 0.6) is 0 Å². The lowest BCUT2D eigenvalue weighted by Crippen LogP contribution is -2.53. The van der Waals surface area contributed by atoms with Crippen molar-refractivity contribution in [3.8, 4) is 0 Å². The predicted molar refractivity (Wildman–Crippen MR) is 65.3 cm³/mol. The topological polar surface area (TPSA) is 64.4 Å². The van der Waals surface area contributed by atoms with Gasteiger partial charge in [0.1, 0.15) is 11.3 Å². The van der Waals surface area contributed by atoms with Crippen molar-refractivity contribution < 1.29 is 14.1 Å². The number of ether oxygens (including phenoxy) is 1. The van der Waals surface area contributed by atoms with Crippen LogP contribution in [0.3, 0.4) is 0 Å². The molecule has 0 aliphatic carbocycles. The van der Waals surface area contributed by atoms with E-state index in [4.69, 9.17) is 9.26 Å². The van der Waals surface area contributed by atoms with E-state index in [9.17, 15) is 4.79 Å². The molecule has 1 amide bonds. The van der Waals surface area contributed by atoms with Gasteiger partial charge in [0.15, 0.2) is 0 Å². The van der Waals surface area contributed by atoms with Crippen LogP contribution in [0.4, 0.5) is 0 Å². The number of aryl methyl sites for hydroxylation is 1. The Morgan fingerprint density at radius 2 is 2.29 bits per heavy atom. The highest BCUT2D eigenvalue weighted by molar-refractivity contribution is 9.09. The Morgan fingerprint density at radius 3 is 2.82 bits per heavy atom. The highest BCUT2D eigenvalue weighted by atomic mass is 79.9. The Bertz CT molecular complexity index is 399. The molecule has 1 N–H and O–H groups in total. The van der Waals surface area contributed by atoms with E-state index in [2.05, 4.69) is 26.4 Å². The third-order valence-electron chi connectivity index (χ3n) is 3.08. The number of nitrogens with one attached hydrogen (secondary N) is 1. The lowest BCUT2D eigenvalue weighted by molar-refractivity contribution is 0.0441. The van der Waals surface area contributed by atoms with E-state index in [1.54, 1.807) is 6.92 Å². The van der Waals surface area contributed by atoms with Gasteiger partial charge in [-0.05, 0) is 19.8 Å². The van der Waals surface area contributed by atoms with Gasteiger partial charge in [-0.3, -0.25) is 4.79 Å². The largest absolute Gasteiger partial charge is 0.381 e. The minimum Gasteiger partial charge on any atom is -0.381 e. The first-order valence-corrected chi connectivity index (χ1v) is 6.66. The molecule has 0 saturated carbocycles. The van der Waals surface area contributed by atoms with Gasteiger partial charge in [0, 0.05) is 18.5 Å². The number of hydrogen-bond acceptors (Lipinski definition) is 4. The van der Waals surface area contributed by atoms with Crippen LogP contribution < -0.4 is 5.32 Å². The summed E-state index contributed by atoms with van der Waals surface area (Å²) in [6.45, 7) is 3.08. The van der Waals surface area contributed by atoms with Crippen LogP contribution in [0.2, 0.25) is 0 Å². The molecule has 1 aromatic heterocycles. The SMILES string of the molecule is Cc1oncc1C(=O)NC1(CBr)CCOCC1. The van der Waals surface area contributed by atoms with Crippen molar-refractivity contribution in [2.45, 2.75) is 25.3 Å². The van der Waals surface area contributed by atoms with Crippen LogP contribution in [0.1, 0.15) is 29.0 Å². The molecule has 6 heteroatoms. The summed E-state index contributed by atoms with van der Waals surface area (Å²) >= 11 is 3.47. The molecule has 1 fully saturated rings. The fourth-order valence-electron chi connectivity index (χ4n) is 1.88.